The monoisotopic (exact) mass is 1150 g/mol. The van der Waals surface area contributed by atoms with E-state index in [4.69, 9.17) is 14.2 Å². The number of hydrogen-bond donors (Lipinski definition) is 6. The summed E-state index contributed by atoms with van der Waals surface area (Å²) >= 11 is 0. The van der Waals surface area contributed by atoms with E-state index in [1.54, 1.807) is 6.08 Å². The summed E-state index contributed by atoms with van der Waals surface area (Å²) in [5.74, 6) is -1.18. The Morgan fingerprint density at radius 3 is 1.28 bits per heavy atom. The molecular weight excluding hydrogens is 1010 g/mol. The van der Waals surface area contributed by atoms with Gasteiger partial charge in [-0.25, -0.2) is 0 Å². The summed E-state index contributed by atoms with van der Waals surface area (Å²) < 4.78 is 17.7. The van der Waals surface area contributed by atoms with Crippen LogP contribution in [0.1, 0.15) is 335 Å². The van der Waals surface area contributed by atoms with Crippen LogP contribution in [0.4, 0.5) is 0 Å². The highest BCUT2D eigenvalue weighted by atomic mass is 16.7. The second kappa shape index (κ2) is 58.3. The van der Waals surface area contributed by atoms with Crippen molar-refractivity contribution in [3.05, 3.63) is 36.5 Å². The highest BCUT2D eigenvalue weighted by Crippen LogP contribution is 2.26. The molecule has 1 saturated heterocycles. The molecule has 6 N–H and O–H groups in total. The molecule has 11 heteroatoms. The lowest BCUT2D eigenvalue weighted by Crippen LogP contribution is -2.61. The summed E-state index contributed by atoms with van der Waals surface area (Å²) in [7, 11) is 0. The van der Waals surface area contributed by atoms with Gasteiger partial charge in [0.2, 0.25) is 5.91 Å². The van der Waals surface area contributed by atoms with Crippen LogP contribution in [-0.2, 0) is 23.8 Å². The summed E-state index contributed by atoms with van der Waals surface area (Å²) in [6, 6.07) is -1.02. The van der Waals surface area contributed by atoms with Crippen LogP contribution in [0.3, 0.4) is 0 Å². The molecule has 0 aromatic rings. The van der Waals surface area contributed by atoms with E-state index in [1.807, 2.05) is 6.08 Å². The molecule has 1 rings (SSSR count). The molecule has 0 radical (unpaired) electrons. The minimum atomic E-state index is -1.61. The lowest BCUT2D eigenvalue weighted by atomic mass is 9.99. The van der Waals surface area contributed by atoms with Crippen molar-refractivity contribution in [1.82, 2.24) is 5.32 Å². The van der Waals surface area contributed by atoms with Crippen LogP contribution in [0.25, 0.3) is 0 Å². The zero-order chi connectivity index (χ0) is 58.9. The van der Waals surface area contributed by atoms with Crippen molar-refractivity contribution in [2.24, 2.45) is 0 Å². The number of esters is 1. The number of nitrogens with one attached hydrogen (secondary N) is 1. The minimum absolute atomic E-state index is 0.124. The van der Waals surface area contributed by atoms with Gasteiger partial charge in [0, 0.05) is 6.42 Å². The molecule has 8 unspecified atom stereocenters. The van der Waals surface area contributed by atoms with E-state index in [1.165, 1.54) is 225 Å². The molecule has 0 spiro atoms. The number of rotatable bonds is 60. The first-order chi connectivity index (χ1) is 39.7. The molecule has 8 atom stereocenters. The Morgan fingerprint density at radius 1 is 0.481 bits per heavy atom. The van der Waals surface area contributed by atoms with Crippen molar-refractivity contribution in [1.29, 1.82) is 0 Å². The minimum Gasteiger partial charge on any atom is -0.454 e. The van der Waals surface area contributed by atoms with Gasteiger partial charge in [0.05, 0.1) is 25.4 Å². The third-order valence-electron chi connectivity index (χ3n) is 16.5. The van der Waals surface area contributed by atoms with Crippen LogP contribution in [0.2, 0.25) is 0 Å². The molecule has 11 nitrogen and oxygen atoms in total. The molecule has 1 aliphatic heterocycles. The van der Waals surface area contributed by atoms with Gasteiger partial charge in [0.25, 0.3) is 0 Å². The molecule has 0 saturated carbocycles. The Hall–Kier alpha value is -2.12. The van der Waals surface area contributed by atoms with E-state index in [2.05, 4.69) is 50.4 Å². The topological polar surface area (TPSA) is 175 Å². The first-order valence-corrected chi connectivity index (χ1v) is 34.8. The lowest BCUT2D eigenvalue weighted by Gasteiger charge is -2.41. The molecular formula is C70H131NO10. The number of carbonyl (C=O) groups excluding carboxylic acids is 2. The van der Waals surface area contributed by atoms with Gasteiger partial charge in [-0.2, -0.15) is 0 Å². The maximum absolute atomic E-state index is 13.5. The molecule has 0 bridgehead atoms. The number of ether oxygens (including phenoxy) is 3. The molecule has 0 aromatic heterocycles. The highest BCUT2D eigenvalue weighted by Gasteiger charge is 2.47. The number of carbonyl (C=O) groups is 2. The fourth-order valence-corrected chi connectivity index (χ4v) is 11.0. The van der Waals surface area contributed by atoms with Crippen LogP contribution in [0.15, 0.2) is 36.5 Å². The zero-order valence-corrected chi connectivity index (χ0v) is 52.9. The second-order valence-corrected chi connectivity index (χ2v) is 24.3. The average molecular weight is 1150 g/mol. The van der Waals surface area contributed by atoms with Gasteiger partial charge in [-0.3, -0.25) is 9.59 Å². The van der Waals surface area contributed by atoms with Gasteiger partial charge in [-0.1, -0.05) is 308 Å². The Bertz CT molecular complexity index is 1460. The average Bonchev–Trinajstić information content (AvgIpc) is 3.53. The Morgan fingerprint density at radius 2 is 0.852 bits per heavy atom. The standard InChI is InChI=1S/C70H131NO10/c1-4-7-10-13-16-19-22-25-27-29-31-32-33-35-37-40-43-46-49-52-55-58-65(75)81-68-67(77)66(76)64(59-72)80-70(68)79-60-61(62(73)56-53-50-47-44-41-38-24-21-18-15-12-9-6-3)71-69(78)63(74)57-54-51-48-45-42-39-36-34-30-28-26-23-20-17-14-11-8-5-2/h16,19,25,27,53,56,61-64,66-68,70,72-74,76-77H,4-15,17-18,20-24,26,28-52,54-55,57-60H2,1-3H3,(H,71,78)/b19-16-,27-25-,56-53+. The predicted molar refractivity (Wildman–Crippen MR) is 338 cm³/mol. The zero-order valence-electron chi connectivity index (χ0n) is 52.9. The molecule has 1 amide bonds. The van der Waals surface area contributed by atoms with Gasteiger partial charge in [-0.15, -0.1) is 0 Å². The molecule has 0 aromatic carbocycles. The van der Waals surface area contributed by atoms with Crippen molar-refractivity contribution in [3.8, 4) is 0 Å². The van der Waals surface area contributed by atoms with E-state index >= 15 is 0 Å². The third-order valence-corrected chi connectivity index (χ3v) is 16.5. The van der Waals surface area contributed by atoms with Crippen LogP contribution in [-0.4, -0.2) is 99.6 Å². The van der Waals surface area contributed by atoms with Crippen LogP contribution in [0, 0.1) is 0 Å². The van der Waals surface area contributed by atoms with Crippen molar-refractivity contribution in [2.75, 3.05) is 13.2 Å². The summed E-state index contributed by atoms with van der Waals surface area (Å²) in [6.07, 6.45) is 60.3. The largest absolute Gasteiger partial charge is 0.454 e. The van der Waals surface area contributed by atoms with Crippen LogP contribution >= 0.6 is 0 Å². The van der Waals surface area contributed by atoms with Crippen LogP contribution < -0.4 is 5.32 Å². The smallest absolute Gasteiger partial charge is 0.306 e. The van der Waals surface area contributed by atoms with E-state index in [-0.39, 0.29) is 13.0 Å². The molecule has 0 aliphatic carbocycles. The Labute approximate surface area is 498 Å². The fraction of sp³-hybridized carbons (Fsp3) is 0.886. The number of hydrogen-bond acceptors (Lipinski definition) is 10. The van der Waals surface area contributed by atoms with E-state index < -0.39 is 67.4 Å². The SMILES string of the molecule is CCCCC/C=C\C/C=C\CCCCCCCCCCCCCC(=O)OC1C(OCC(NC(=O)C(O)CCCCCCCCCCCCCCCCCCCC)C(O)/C=C/CCCCCCCCCCCCC)OC(CO)C(O)C1O. The highest BCUT2D eigenvalue weighted by molar-refractivity contribution is 5.80. The quantitative estimate of drug-likeness (QED) is 0.0195. The number of amides is 1. The van der Waals surface area contributed by atoms with Gasteiger partial charge in [0.15, 0.2) is 12.4 Å². The third kappa shape index (κ3) is 45.9. The van der Waals surface area contributed by atoms with Crippen molar-refractivity contribution in [3.63, 3.8) is 0 Å². The number of allylic oxidation sites excluding steroid dienone is 5. The summed E-state index contributed by atoms with van der Waals surface area (Å²) in [5.41, 5.74) is 0. The molecule has 1 heterocycles. The van der Waals surface area contributed by atoms with Gasteiger partial charge in [-0.05, 0) is 57.8 Å². The molecule has 81 heavy (non-hydrogen) atoms. The number of aliphatic hydroxyl groups excluding tert-OH is 5. The molecule has 476 valence electrons. The summed E-state index contributed by atoms with van der Waals surface area (Å²) in [6.45, 7) is 5.82. The van der Waals surface area contributed by atoms with Crippen molar-refractivity contribution in [2.45, 2.75) is 384 Å². The number of unbranched alkanes of at least 4 members (excludes halogenated alkanes) is 42. The summed E-state index contributed by atoms with van der Waals surface area (Å²) in [4.78, 5) is 26.7. The lowest BCUT2D eigenvalue weighted by molar-refractivity contribution is -0.305. The van der Waals surface area contributed by atoms with Crippen molar-refractivity contribution >= 4 is 11.9 Å². The maximum atomic E-state index is 13.5. The first-order valence-electron chi connectivity index (χ1n) is 34.8. The maximum Gasteiger partial charge on any atom is 0.306 e. The van der Waals surface area contributed by atoms with Gasteiger partial charge >= 0.3 is 5.97 Å². The van der Waals surface area contributed by atoms with E-state index in [0.29, 0.717) is 19.3 Å². The summed E-state index contributed by atoms with van der Waals surface area (Å²) in [5, 5.41) is 57.2. The van der Waals surface area contributed by atoms with Gasteiger partial charge in [0.1, 0.15) is 24.4 Å². The second-order valence-electron chi connectivity index (χ2n) is 24.3. The van der Waals surface area contributed by atoms with E-state index in [9.17, 15) is 35.1 Å². The van der Waals surface area contributed by atoms with E-state index in [0.717, 1.165) is 64.2 Å². The molecule has 1 fully saturated rings. The Kier molecular flexibility index (Phi) is 55.3. The van der Waals surface area contributed by atoms with Crippen molar-refractivity contribution < 1.29 is 49.3 Å². The molecule has 1 aliphatic rings. The first kappa shape index (κ1) is 76.9. The normalized spacial score (nSPS) is 18.8. The van der Waals surface area contributed by atoms with Crippen LogP contribution in [0.5, 0.6) is 0 Å². The number of aliphatic hydroxyl groups is 5. The Balaban J connectivity index is 2.61. The van der Waals surface area contributed by atoms with Gasteiger partial charge < -0.3 is 45.1 Å². The predicted octanol–water partition coefficient (Wildman–Crippen LogP) is 17.4. The fourth-order valence-electron chi connectivity index (χ4n) is 11.0.